The van der Waals surface area contributed by atoms with E-state index >= 15 is 0 Å². The fraction of sp³-hybridized carbons (Fsp3) is 1.00. The van der Waals surface area contributed by atoms with Gasteiger partial charge in [-0.2, -0.15) is 9.78 Å². The highest BCUT2D eigenvalue weighted by molar-refractivity contribution is 4.59. The van der Waals surface area contributed by atoms with Crippen LogP contribution < -0.4 is 11.5 Å². The minimum atomic E-state index is -0.941. The summed E-state index contributed by atoms with van der Waals surface area (Å²) in [4.78, 5) is 8.94. The molecule has 0 aliphatic carbocycles. The van der Waals surface area contributed by atoms with Crippen molar-refractivity contribution in [3.63, 3.8) is 0 Å². The third-order valence-corrected chi connectivity index (χ3v) is 1.30. The minimum Gasteiger partial charge on any atom is -0.305 e. The van der Waals surface area contributed by atoms with Crippen molar-refractivity contribution in [2.75, 3.05) is 0 Å². The van der Waals surface area contributed by atoms with Gasteiger partial charge in [-0.1, -0.05) is 0 Å². The second kappa shape index (κ2) is 2.64. The van der Waals surface area contributed by atoms with Crippen LogP contribution in [0, 0.1) is 0 Å². The summed E-state index contributed by atoms with van der Waals surface area (Å²) < 4.78 is 14.6. The SMILES string of the molecule is NC1OC2OOC(O2)OC1N. The van der Waals surface area contributed by atoms with Gasteiger partial charge in [-0.05, 0) is 0 Å². The topological polar surface area (TPSA) is 98.2 Å². The maximum absolute atomic E-state index is 5.38. The molecule has 0 aromatic carbocycles. The molecule has 4 N–H and O–H groups in total. The molecular weight excluding hydrogens is 156 g/mol. The van der Waals surface area contributed by atoms with Crippen LogP contribution in [0.2, 0.25) is 0 Å². The smallest absolute Gasteiger partial charge is 0.305 e. The molecule has 2 fully saturated rings. The van der Waals surface area contributed by atoms with E-state index in [-0.39, 0.29) is 0 Å². The Labute approximate surface area is 62.0 Å². The zero-order valence-corrected chi connectivity index (χ0v) is 5.51. The van der Waals surface area contributed by atoms with Gasteiger partial charge >= 0.3 is 13.0 Å². The molecule has 7 heteroatoms. The molecule has 0 saturated carbocycles. The Morgan fingerprint density at radius 1 is 0.727 bits per heavy atom. The lowest BCUT2D eigenvalue weighted by Gasteiger charge is -2.19. The molecular formula is C4H8N2O5. The van der Waals surface area contributed by atoms with E-state index in [2.05, 4.69) is 9.78 Å². The van der Waals surface area contributed by atoms with E-state index in [9.17, 15) is 0 Å². The Morgan fingerprint density at radius 3 is 1.64 bits per heavy atom. The summed E-state index contributed by atoms with van der Waals surface area (Å²) >= 11 is 0. The van der Waals surface area contributed by atoms with Crippen LogP contribution in [0.3, 0.4) is 0 Å². The summed E-state index contributed by atoms with van der Waals surface area (Å²) in [5, 5.41) is 0. The number of hydrogen-bond acceptors (Lipinski definition) is 7. The van der Waals surface area contributed by atoms with Gasteiger partial charge in [0.25, 0.3) is 0 Å². The number of hydrogen-bond donors (Lipinski definition) is 2. The molecule has 2 saturated heterocycles. The molecule has 2 rings (SSSR count). The molecule has 2 bridgehead atoms. The molecule has 0 spiro atoms. The van der Waals surface area contributed by atoms with Crippen molar-refractivity contribution in [2.24, 2.45) is 11.5 Å². The second-order valence-electron chi connectivity index (χ2n) is 2.11. The Kier molecular flexibility index (Phi) is 1.77. The lowest BCUT2D eigenvalue weighted by molar-refractivity contribution is -0.403. The van der Waals surface area contributed by atoms with Crippen molar-refractivity contribution in [2.45, 2.75) is 25.4 Å². The van der Waals surface area contributed by atoms with Gasteiger partial charge in [0.15, 0.2) is 12.5 Å². The van der Waals surface area contributed by atoms with Gasteiger partial charge in [-0.15, -0.1) is 0 Å². The molecule has 7 nitrogen and oxygen atoms in total. The van der Waals surface area contributed by atoms with Gasteiger partial charge in [-0.25, -0.2) is 0 Å². The van der Waals surface area contributed by atoms with Crippen LogP contribution in [-0.4, -0.2) is 25.4 Å². The average molecular weight is 164 g/mol. The van der Waals surface area contributed by atoms with Crippen LogP contribution in [0.4, 0.5) is 0 Å². The summed E-state index contributed by atoms with van der Waals surface area (Å²) in [5.41, 5.74) is 10.8. The van der Waals surface area contributed by atoms with E-state index in [4.69, 9.17) is 25.7 Å². The fourth-order valence-electron chi connectivity index (χ4n) is 0.748. The average Bonchev–Trinajstić information content (AvgIpc) is 2.30. The maximum Gasteiger partial charge on any atom is 0.307 e. The highest BCUT2D eigenvalue weighted by Gasteiger charge is 2.38. The van der Waals surface area contributed by atoms with Gasteiger partial charge in [0.2, 0.25) is 0 Å². The predicted octanol–water partition coefficient (Wildman–Crippen LogP) is -1.85. The molecule has 0 aromatic rings. The zero-order valence-electron chi connectivity index (χ0n) is 5.51. The minimum absolute atomic E-state index is 0.770. The summed E-state index contributed by atoms with van der Waals surface area (Å²) in [7, 11) is 0. The van der Waals surface area contributed by atoms with E-state index in [1.165, 1.54) is 0 Å². The van der Waals surface area contributed by atoms with Crippen LogP contribution in [0.1, 0.15) is 0 Å². The number of nitrogens with two attached hydrogens (primary N) is 2. The Balaban J connectivity index is 2.04. The molecule has 0 radical (unpaired) electrons. The van der Waals surface area contributed by atoms with Crippen LogP contribution in [0.15, 0.2) is 0 Å². The van der Waals surface area contributed by atoms with Crippen molar-refractivity contribution in [1.82, 2.24) is 0 Å². The summed E-state index contributed by atoms with van der Waals surface area (Å²) in [6.07, 6.45) is -1.54. The lowest BCUT2D eigenvalue weighted by atomic mass is 10.5. The highest BCUT2D eigenvalue weighted by Crippen LogP contribution is 2.21. The Morgan fingerprint density at radius 2 is 1.18 bits per heavy atom. The van der Waals surface area contributed by atoms with Crippen LogP contribution >= 0.6 is 0 Å². The van der Waals surface area contributed by atoms with Crippen molar-refractivity contribution >= 4 is 0 Å². The quantitative estimate of drug-likeness (QED) is 0.405. The summed E-state index contributed by atoms with van der Waals surface area (Å²) in [6.45, 7) is -1.88. The van der Waals surface area contributed by atoms with E-state index in [1.807, 2.05) is 0 Å². The maximum atomic E-state index is 5.38. The predicted molar refractivity (Wildman–Crippen MR) is 29.0 cm³/mol. The highest BCUT2D eigenvalue weighted by atomic mass is 17.3. The molecule has 2 heterocycles. The number of fused-ring (bicyclic) bond motifs is 2. The largest absolute Gasteiger partial charge is 0.307 e. The normalized spacial score (nSPS) is 50.7. The molecule has 11 heavy (non-hydrogen) atoms. The first-order valence-corrected chi connectivity index (χ1v) is 3.05. The fourth-order valence-corrected chi connectivity index (χ4v) is 0.748. The molecule has 2 aliphatic heterocycles. The second-order valence-corrected chi connectivity index (χ2v) is 2.11. The zero-order chi connectivity index (χ0) is 7.84. The number of ether oxygens (including phenoxy) is 3. The molecule has 0 amide bonds. The van der Waals surface area contributed by atoms with E-state index < -0.39 is 25.4 Å². The van der Waals surface area contributed by atoms with Gasteiger partial charge < -0.3 is 20.9 Å². The standard InChI is InChI=1S/C4H8N2O5/c5-1-2(6)8-4-9-3(7-1)10-11-4/h1-4H,5-6H2. The van der Waals surface area contributed by atoms with Gasteiger partial charge in [0.1, 0.15) is 0 Å². The Hall–Kier alpha value is -0.280. The van der Waals surface area contributed by atoms with E-state index in [1.54, 1.807) is 0 Å². The molecule has 0 aromatic heterocycles. The van der Waals surface area contributed by atoms with Gasteiger partial charge in [0, 0.05) is 0 Å². The van der Waals surface area contributed by atoms with Crippen molar-refractivity contribution in [3.05, 3.63) is 0 Å². The third-order valence-electron chi connectivity index (χ3n) is 1.30. The first-order valence-electron chi connectivity index (χ1n) is 3.05. The van der Waals surface area contributed by atoms with Gasteiger partial charge in [-0.3, -0.25) is 4.74 Å². The van der Waals surface area contributed by atoms with Crippen molar-refractivity contribution in [1.29, 1.82) is 0 Å². The number of rotatable bonds is 0. The third kappa shape index (κ3) is 1.35. The first kappa shape index (κ1) is 7.37. The Bertz CT molecular complexity index is 139. The monoisotopic (exact) mass is 164 g/mol. The lowest BCUT2D eigenvalue weighted by Crippen LogP contribution is -2.47. The van der Waals surface area contributed by atoms with Crippen molar-refractivity contribution < 1.29 is 24.0 Å². The van der Waals surface area contributed by atoms with Gasteiger partial charge in [0.05, 0.1) is 0 Å². The van der Waals surface area contributed by atoms with Crippen LogP contribution in [0.5, 0.6) is 0 Å². The van der Waals surface area contributed by atoms with Crippen LogP contribution in [-0.2, 0) is 24.0 Å². The summed E-state index contributed by atoms with van der Waals surface area (Å²) in [6, 6.07) is 0. The van der Waals surface area contributed by atoms with Crippen LogP contribution in [0.25, 0.3) is 0 Å². The first-order chi connectivity index (χ1) is 5.25. The molecule has 4 atom stereocenters. The molecule has 2 aliphatic rings. The molecule has 4 unspecified atom stereocenters. The van der Waals surface area contributed by atoms with E-state index in [0.29, 0.717) is 0 Å². The summed E-state index contributed by atoms with van der Waals surface area (Å²) in [5.74, 6) is 0. The van der Waals surface area contributed by atoms with E-state index in [0.717, 1.165) is 0 Å². The molecule has 64 valence electrons. The van der Waals surface area contributed by atoms with Crippen molar-refractivity contribution in [3.8, 4) is 0 Å².